The van der Waals surface area contributed by atoms with E-state index in [0.29, 0.717) is 32.1 Å². The van der Waals surface area contributed by atoms with Crippen molar-refractivity contribution in [2.24, 2.45) is 0 Å². The van der Waals surface area contributed by atoms with Gasteiger partial charge in [0.2, 0.25) is 0 Å². The van der Waals surface area contributed by atoms with Crippen molar-refractivity contribution >= 4 is 11.9 Å². The smallest absolute Gasteiger partial charge is 0.328 e. The van der Waals surface area contributed by atoms with Gasteiger partial charge in [0.1, 0.15) is 17.7 Å². The summed E-state index contributed by atoms with van der Waals surface area (Å²) in [6, 6.07) is 2.17. The van der Waals surface area contributed by atoms with Crippen LogP contribution in [0.25, 0.3) is 0 Å². The van der Waals surface area contributed by atoms with E-state index in [1.165, 1.54) is 69.1 Å². The number of halogens is 2. The first-order valence-electron chi connectivity index (χ1n) is 13.0. The Bertz CT molecular complexity index is 725. The topological polar surface area (TPSA) is 46.6 Å². The fourth-order valence-corrected chi connectivity index (χ4v) is 4.46. The first-order valence-corrected chi connectivity index (χ1v) is 13.0. The van der Waals surface area contributed by atoms with Crippen LogP contribution in [-0.2, 0) is 9.53 Å². The van der Waals surface area contributed by atoms with Crippen LogP contribution in [0.15, 0.2) is 18.2 Å². The number of carbonyl (C=O) groups excluding carboxylic acids is 2. The molecule has 1 aromatic rings. The van der Waals surface area contributed by atoms with Crippen LogP contribution in [0.2, 0.25) is 0 Å². The van der Waals surface area contributed by atoms with Gasteiger partial charge in [-0.2, -0.15) is 0 Å². The monoisotopic (exact) mass is 465 g/mol. The van der Waals surface area contributed by atoms with Gasteiger partial charge in [0, 0.05) is 12.6 Å². The largest absolute Gasteiger partial charge is 0.464 e. The molecule has 4 nitrogen and oxygen atoms in total. The number of rotatable bonds is 16. The van der Waals surface area contributed by atoms with Gasteiger partial charge in [0.15, 0.2) is 0 Å². The van der Waals surface area contributed by atoms with Gasteiger partial charge in [-0.1, -0.05) is 84.0 Å². The maximum absolute atomic E-state index is 14.0. The summed E-state index contributed by atoms with van der Waals surface area (Å²) in [5.74, 6) is -2.67. The molecule has 6 heteroatoms. The predicted molar refractivity (Wildman–Crippen MR) is 127 cm³/mol. The summed E-state index contributed by atoms with van der Waals surface area (Å²) in [6.45, 7) is 2.96. The molecule has 1 heterocycles. The average molecular weight is 466 g/mol. The summed E-state index contributed by atoms with van der Waals surface area (Å²) in [5.41, 5.74) is -0.215. The zero-order valence-electron chi connectivity index (χ0n) is 20.3. The minimum atomic E-state index is -0.911. The average Bonchev–Trinajstić information content (AvgIpc) is 3.29. The number of hydrogen-bond acceptors (Lipinski definition) is 3. The lowest BCUT2D eigenvalue weighted by molar-refractivity contribution is -0.148. The van der Waals surface area contributed by atoms with Crippen LogP contribution in [0.1, 0.15) is 114 Å². The van der Waals surface area contributed by atoms with Gasteiger partial charge in [-0.15, -0.1) is 0 Å². The molecule has 1 aliphatic rings. The molecule has 0 radical (unpaired) electrons. The van der Waals surface area contributed by atoms with Crippen LogP contribution in [0.4, 0.5) is 8.78 Å². The summed E-state index contributed by atoms with van der Waals surface area (Å²) < 4.78 is 32.5. The Morgan fingerprint density at radius 3 is 2.06 bits per heavy atom. The quantitative estimate of drug-likeness (QED) is 0.191. The Hall–Kier alpha value is -1.98. The number of benzene rings is 1. The predicted octanol–water partition coefficient (Wildman–Crippen LogP) is 7.20. The highest BCUT2D eigenvalue weighted by atomic mass is 19.1. The van der Waals surface area contributed by atoms with Crippen LogP contribution in [0.5, 0.6) is 0 Å². The van der Waals surface area contributed by atoms with Crippen LogP contribution >= 0.6 is 0 Å². The van der Waals surface area contributed by atoms with Crippen molar-refractivity contribution in [3.05, 3.63) is 35.4 Å². The highest BCUT2D eigenvalue weighted by Gasteiger charge is 2.36. The molecule has 1 aromatic carbocycles. The van der Waals surface area contributed by atoms with E-state index in [2.05, 4.69) is 6.92 Å². The fourth-order valence-electron chi connectivity index (χ4n) is 4.46. The molecule has 1 atom stereocenters. The van der Waals surface area contributed by atoms with Gasteiger partial charge < -0.3 is 9.64 Å². The van der Waals surface area contributed by atoms with E-state index in [0.717, 1.165) is 31.4 Å². The molecule has 1 aliphatic heterocycles. The van der Waals surface area contributed by atoms with Crippen molar-refractivity contribution in [3.63, 3.8) is 0 Å². The number of carbonyl (C=O) groups is 2. The van der Waals surface area contributed by atoms with Crippen molar-refractivity contribution in [2.45, 2.75) is 109 Å². The highest BCUT2D eigenvalue weighted by molar-refractivity contribution is 5.97. The molecule has 0 N–H and O–H groups in total. The van der Waals surface area contributed by atoms with E-state index in [4.69, 9.17) is 4.74 Å². The number of esters is 1. The van der Waals surface area contributed by atoms with Gasteiger partial charge in [0.25, 0.3) is 5.91 Å². The molecule has 1 saturated heterocycles. The molecule has 2 rings (SSSR count). The Labute approximate surface area is 198 Å². The third kappa shape index (κ3) is 9.81. The van der Waals surface area contributed by atoms with Crippen molar-refractivity contribution in [1.29, 1.82) is 0 Å². The summed E-state index contributed by atoms with van der Waals surface area (Å²) in [7, 11) is 0. The number of ether oxygens (including phenoxy) is 1. The van der Waals surface area contributed by atoms with E-state index >= 15 is 0 Å². The standard InChI is InChI=1S/C27H41F2NO3/c1-2-3-4-5-6-7-8-9-10-11-12-13-14-20-33-27(32)25-16-15-19-30(25)26(31)23-18-17-22(28)21-24(23)29/h17-18,21,25H,2-16,19-20H2,1H3. The summed E-state index contributed by atoms with van der Waals surface area (Å²) >= 11 is 0. The zero-order chi connectivity index (χ0) is 23.9. The molecule has 0 spiro atoms. The van der Waals surface area contributed by atoms with Crippen molar-refractivity contribution in [3.8, 4) is 0 Å². The third-order valence-electron chi connectivity index (χ3n) is 6.44. The number of likely N-dealkylation sites (tertiary alicyclic amines) is 1. The Balaban J connectivity index is 1.55. The summed E-state index contributed by atoms with van der Waals surface area (Å²) in [5, 5.41) is 0. The second kappa shape index (κ2) is 15.8. The van der Waals surface area contributed by atoms with Crippen molar-refractivity contribution in [2.75, 3.05) is 13.2 Å². The number of unbranched alkanes of at least 4 members (excludes halogenated alkanes) is 12. The van der Waals surface area contributed by atoms with Gasteiger partial charge in [-0.3, -0.25) is 4.79 Å². The first kappa shape index (κ1) is 27.3. The maximum Gasteiger partial charge on any atom is 0.328 e. The molecule has 1 fully saturated rings. The molecule has 1 amide bonds. The molecule has 0 aromatic heterocycles. The van der Waals surface area contributed by atoms with Gasteiger partial charge in [0.05, 0.1) is 12.2 Å². The van der Waals surface area contributed by atoms with Crippen LogP contribution in [-0.4, -0.2) is 36.0 Å². The van der Waals surface area contributed by atoms with Gasteiger partial charge in [-0.05, 0) is 31.4 Å². The Morgan fingerprint density at radius 2 is 1.48 bits per heavy atom. The lowest BCUT2D eigenvalue weighted by Gasteiger charge is -2.23. The van der Waals surface area contributed by atoms with Crippen molar-refractivity contribution in [1.82, 2.24) is 4.90 Å². The molecular formula is C27H41F2NO3. The molecule has 0 bridgehead atoms. The lowest BCUT2D eigenvalue weighted by atomic mass is 10.0. The molecule has 0 aliphatic carbocycles. The minimum absolute atomic E-state index is 0.215. The summed E-state index contributed by atoms with van der Waals surface area (Å²) in [6.07, 6.45) is 17.4. The van der Waals surface area contributed by atoms with E-state index in [1.807, 2.05) is 0 Å². The molecule has 0 saturated carbocycles. The zero-order valence-corrected chi connectivity index (χ0v) is 20.3. The Morgan fingerprint density at radius 1 is 0.909 bits per heavy atom. The Kier molecular flexibility index (Phi) is 13.0. The lowest BCUT2D eigenvalue weighted by Crippen LogP contribution is -2.41. The SMILES string of the molecule is CCCCCCCCCCCCCCCOC(=O)C1CCCN1C(=O)c1ccc(F)cc1F. The minimum Gasteiger partial charge on any atom is -0.464 e. The molecule has 186 valence electrons. The van der Waals surface area contributed by atoms with E-state index in [9.17, 15) is 18.4 Å². The molecule has 33 heavy (non-hydrogen) atoms. The third-order valence-corrected chi connectivity index (χ3v) is 6.44. The van der Waals surface area contributed by atoms with E-state index in [1.54, 1.807) is 0 Å². The maximum atomic E-state index is 14.0. The molecule has 1 unspecified atom stereocenters. The van der Waals surface area contributed by atoms with Gasteiger partial charge in [-0.25, -0.2) is 13.6 Å². The van der Waals surface area contributed by atoms with E-state index in [-0.39, 0.29) is 5.56 Å². The summed E-state index contributed by atoms with van der Waals surface area (Å²) in [4.78, 5) is 26.5. The van der Waals surface area contributed by atoms with Crippen molar-refractivity contribution < 1.29 is 23.1 Å². The number of nitrogens with zero attached hydrogens (tertiary/aromatic N) is 1. The van der Waals surface area contributed by atoms with Crippen LogP contribution in [0.3, 0.4) is 0 Å². The van der Waals surface area contributed by atoms with Crippen LogP contribution < -0.4 is 0 Å². The van der Waals surface area contributed by atoms with Gasteiger partial charge >= 0.3 is 5.97 Å². The normalized spacial score (nSPS) is 15.7. The first-order chi connectivity index (χ1) is 16.0. The van der Waals surface area contributed by atoms with E-state index < -0.39 is 29.6 Å². The van der Waals surface area contributed by atoms with Crippen LogP contribution in [0, 0.1) is 11.6 Å². The molecular weight excluding hydrogens is 424 g/mol. The highest BCUT2D eigenvalue weighted by Crippen LogP contribution is 2.23. The number of amides is 1. The fraction of sp³-hybridized carbons (Fsp3) is 0.704. The second-order valence-electron chi connectivity index (χ2n) is 9.19. The number of hydrogen-bond donors (Lipinski definition) is 0. The second-order valence-corrected chi connectivity index (χ2v) is 9.19.